The van der Waals surface area contributed by atoms with Gasteiger partial charge in [-0.05, 0) is 36.4 Å². The number of thiocarbonyl (C=S) groups is 1. The third-order valence-corrected chi connectivity index (χ3v) is 6.17. The number of amides is 1. The highest BCUT2D eigenvalue weighted by molar-refractivity contribution is 8.27. The van der Waals surface area contributed by atoms with Crippen molar-refractivity contribution in [3.8, 4) is 11.5 Å². The van der Waals surface area contributed by atoms with Crippen molar-refractivity contribution in [2.24, 2.45) is 0 Å². The summed E-state index contributed by atoms with van der Waals surface area (Å²) in [6, 6.07) is 16.4. The lowest BCUT2D eigenvalue weighted by molar-refractivity contribution is -0.394. The van der Waals surface area contributed by atoms with E-state index in [0.29, 0.717) is 25.5 Å². The van der Waals surface area contributed by atoms with E-state index in [1.54, 1.807) is 54.6 Å². The van der Waals surface area contributed by atoms with Gasteiger partial charge >= 0.3 is 5.69 Å². The Morgan fingerprint density at radius 1 is 0.971 bits per heavy atom. The van der Waals surface area contributed by atoms with Crippen molar-refractivity contribution in [1.29, 1.82) is 0 Å². The second kappa shape index (κ2) is 9.59. The van der Waals surface area contributed by atoms with Crippen molar-refractivity contribution >= 4 is 68.9 Å². The van der Waals surface area contributed by atoms with Crippen LogP contribution in [-0.4, -0.2) is 20.1 Å². The summed E-state index contributed by atoms with van der Waals surface area (Å²) in [6.45, 7) is 0. The maximum absolute atomic E-state index is 13.1. The summed E-state index contributed by atoms with van der Waals surface area (Å²) < 4.78 is 6.07. The van der Waals surface area contributed by atoms with Gasteiger partial charge in [0.25, 0.3) is 11.6 Å². The van der Waals surface area contributed by atoms with Gasteiger partial charge in [0.2, 0.25) is 5.75 Å². The Bertz CT molecular complexity index is 1390. The van der Waals surface area contributed by atoms with Crippen LogP contribution < -0.4 is 9.64 Å². The van der Waals surface area contributed by atoms with Gasteiger partial charge in [-0.15, -0.1) is 0 Å². The number of nitro benzene ring substituents is 2. The Labute approximate surface area is 206 Å². The molecule has 0 unspecified atom stereocenters. The maximum Gasteiger partial charge on any atom is 0.318 e. The van der Waals surface area contributed by atoms with Crippen LogP contribution in [0.4, 0.5) is 17.1 Å². The van der Waals surface area contributed by atoms with Gasteiger partial charge in [-0.2, -0.15) is 0 Å². The minimum atomic E-state index is -0.763. The molecular weight excluding hydrogens is 502 g/mol. The summed E-state index contributed by atoms with van der Waals surface area (Å²) in [6.07, 6.45) is 1.57. The van der Waals surface area contributed by atoms with Crippen molar-refractivity contribution < 1.29 is 19.4 Å². The Balaban J connectivity index is 1.68. The minimum absolute atomic E-state index is 0.178. The highest BCUT2D eigenvalue weighted by Crippen LogP contribution is 2.39. The number of carbonyl (C=O) groups is 1. The van der Waals surface area contributed by atoms with E-state index in [0.717, 1.165) is 30.0 Å². The molecular formula is C22H12ClN3O6S2. The number of anilines is 1. The number of hydrogen-bond acceptors (Lipinski definition) is 8. The normalized spacial score (nSPS) is 14.5. The van der Waals surface area contributed by atoms with E-state index in [-0.39, 0.29) is 17.4 Å². The first kappa shape index (κ1) is 23.4. The molecule has 1 amide bonds. The van der Waals surface area contributed by atoms with Crippen LogP contribution in [0, 0.1) is 20.2 Å². The Morgan fingerprint density at radius 2 is 1.74 bits per heavy atom. The molecule has 1 saturated heterocycles. The van der Waals surface area contributed by atoms with Crippen molar-refractivity contribution in [3.05, 3.63) is 102 Å². The highest BCUT2D eigenvalue weighted by Gasteiger charge is 2.33. The second-order valence-corrected chi connectivity index (χ2v) is 8.92. The molecule has 3 aromatic rings. The number of non-ortho nitro benzene ring substituents is 1. The van der Waals surface area contributed by atoms with E-state index in [1.807, 2.05) is 0 Å². The van der Waals surface area contributed by atoms with E-state index >= 15 is 0 Å². The van der Waals surface area contributed by atoms with Gasteiger partial charge in [-0.25, -0.2) is 0 Å². The van der Waals surface area contributed by atoms with Crippen LogP contribution in [0.2, 0.25) is 5.02 Å². The largest absolute Gasteiger partial charge is 0.449 e. The van der Waals surface area contributed by atoms with E-state index in [2.05, 4.69) is 0 Å². The number of halogens is 1. The molecule has 0 aromatic heterocycles. The molecule has 0 atom stereocenters. The number of benzene rings is 3. The first-order valence-corrected chi connectivity index (χ1v) is 11.1. The Kier molecular flexibility index (Phi) is 6.59. The third-order valence-electron chi connectivity index (χ3n) is 4.64. The standard InChI is InChI=1S/C22H12ClN3O6S2/c23-14-5-3-6-15(11-14)24-21(27)20(34-22(24)33)10-13-4-1-2-7-18(13)32-19-9-8-16(25(28)29)12-17(19)26(30)31/h1-12H/b20-10+. The molecule has 1 aliphatic rings. The first-order valence-electron chi connectivity index (χ1n) is 9.48. The van der Waals surface area contributed by atoms with Crippen molar-refractivity contribution in [2.75, 3.05) is 4.90 Å². The molecule has 1 heterocycles. The van der Waals surface area contributed by atoms with Crippen LogP contribution in [0.3, 0.4) is 0 Å². The monoisotopic (exact) mass is 513 g/mol. The lowest BCUT2D eigenvalue weighted by atomic mass is 10.1. The third kappa shape index (κ3) is 4.76. The molecule has 9 nitrogen and oxygen atoms in total. The van der Waals surface area contributed by atoms with Gasteiger partial charge in [0.05, 0.1) is 26.5 Å². The lowest BCUT2D eigenvalue weighted by Crippen LogP contribution is -2.27. The average Bonchev–Trinajstić information content (AvgIpc) is 3.07. The number of rotatable bonds is 6. The average molecular weight is 514 g/mol. The topological polar surface area (TPSA) is 116 Å². The zero-order valence-corrected chi connectivity index (χ0v) is 19.3. The number of nitrogens with zero attached hydrogens (tertiary/aromatic N) is 3. The van der Waals surface area contributed by atoms with Crippen molar-refractivity contribution in [1.82, 2.24) is 0 Å². The SMILES string of the molecule is O=C1/C(=C\c2ccccc2Oc2ccc([N+](=O)[O-])cc2[N+](=O)[O-])SC(=S)N1c1cccc(Cl)c1. The second-order valence-electron chi connectivity index (χ2n) is 6.80. The number of ether oxygens (including phenoxy) is 1. The zero-order valence-electron chi connectivity index (χ0n) is 16.9. The van der Waals surface area contributed by atoms with Gasteiger partial charge < -0.3 is 4.74 Å². The number of hydrogen-bond donors (Lipinski definition) is 0. The predicted octanol–water partition coefficient (Wildman–Crippen LogP) is 6.35. The lowest BCUT2D eigenvalue weighted by Gasteiger charge is -2.14. The van der Waals surface area contributed by atoms with Gasteiger partial charge in [-0.3, -0.25) is 29.9 Å². The van der Waals surface area contributed by atoms with Crippen LogP contribution in [0.1, 0.15) is 5.56 Å². The van der Waals surface area contributed by atoms with Gasteiger partial charge in [0.1, 0.15) is 5.75 Å². The number of thioether (sulfide) groups is 1. The molecule has 3 aromatic carbocycles. The van der Waals surface area contributed by atoms with E-state index in [4.69, 9.17) is 28.6 Å². The zero-order chi connectivity index (χ0) is 24.4. The van der Waals surface area contributed by atoms with E-state index < -0.39 is 21.2 Å². The molecule has 1 aliphatic heterocycles. The summed E-state index contributed by atoms with van der Waals surface area (Å²) in [5.74, 6) is -0.316. The fourth-order valence-electron chi connectivity index (χ4n) is 3.11. The van der Waals surface area contributed by atoms with Crippen LogP contribution in [-0.2, 0) is 4.79 Å². The number of carbonyl (C=O) groups excluding carboxylic acids is 1. The van der Waals surface area contributed by atoms with Gasteiger partial charge in [0.15, 0.2) is 4.32 Å². The molecule has 170 valence electrons. The predicted molar refractivity (Wildman–Crippen MR) is 133 cm³/mol. The van der Waals surface area contributed by atoms with Gasteiger partial charge in [0, 0.05) is 16.7 Å². The van der Waals surface area contributed by atoms with E-state index in [9.17, 15) is 25.0 Å². The maximum atomic E-state index is 13.1. The smallest absolute Gasteiger partial charge is 0.318 e. The summed E-state index contributed by atoms with van der Waals surface area (Å²) in [5.41, 5.74) is -0.000470. The van der Waals surface area contributed by atoms with Crippen LogP contribution in [0.25, 0.3) is 6.08 Å². The molecule has 34 heavy (non-hydrogen) atoms. The Morgan fingerprint density at radius 3 is 2.44 bits per heavy atom. The Hall–Kier alpha value is -3.80. The molecule has 12 heteroatoms. The molecule has 4 rings (SSSR count). The molecule has 0 N–H and O–H groups in total. The van der Waals surface area contributed by atoms with Crippen molar-refractivity contribution in [3.63, 3.8) is 0 Å². The fraction of sp³-hybridized carbons (Fsp3) is 0. The highest BCUT2D eigenvalue weighted by atomic mass is 35.5. The number of nitro groups is 2. The first-order chi connectivity index (χ1) is 16.2. The van der Waals surface area contributed by atoms with E-state index in [1.165, 1.54) is 4.90 Å². The van der Waals surface area contributed by atoms with Gasteiger partial charge in [-0.1, -0.05) is 59.8 Å². The summed E-state index contributed by atoms with van der Waals surface area (Å²) in [5, 5.41) is 22.9. The summed E-state index contributed by atoms with van der Waals surface area (Å²) in [7, 11) is 0. The van der Waals surface area contributed by atoms with Crippen LogP contribution in [0.15, 0.2) is 71.6 Å². The molecule has 0 bridgehead atoms. The summed E-state index contributed by atoms with van der Waals surface area (Å²) >= 11 is 12.5. The van der Waals surface area contributed by atoms with Crippen LogP contribution >= 0.6 is 35.6 Å². The quantitative estimate of drug-likeness (QED) is 0.162. The number of para-hydroxylation sites is 1. The van der Waals surface area contributed by atoms with Crippen LogP contribution in [0.5, 0.6) is 11.5 Å². The minimum Gasteiger partial charge on any atom is -0.449 e. The van der Waals surface area contributed by atoms with Crippen molar-refractivity contribution in [2.45, 2.75) is 0 Å². The molecule has 1 fully saturated rings. The molecule has 0 aliphatic carbocycles. The molecule has 0 saturated carbocycles. The summed E-state index contributed by atoms with van der Waals surface area (Å²) in [4.78, 5) is 35.7. The fourth-order valence-corrected chi connectivity index (χ4v) is 4.58. The molecule has 0 radical (unpaired) electrons. The molecule has 0 spiro atoms.